The molecule has 9 nitrogen and oxygen atoms in total. The highest BCUT2D eigenvalue weighted by Gasteiger charge is 2.33. The third-order valence-electron chi connectivity index (χ3n) is 5.54. The lowest BCUT2D eigenvalue weighted by molar-refractivity contribution is 0.209. The van der Waals surface area contributed by atoms with Gasteiger partial charge in [0.05, 0.1) is 35.4 Å². The number of rotatable bonds is 8. The number of benzene rings is 1. The number of aliphatic imine (C=N–C) groups is 1. The normalized spacial score (nSPS) is 17.1. The van der Waals surface area contributed by atoms with E-state index in [-0.39, 0.29) is 37.0 Å². The van der Waals surface area contributed by atoms with Crippen molar-refractivity contribution in [3.63, 3.8) is 0 Å². The Balaban J connectivity index is 1.65. The van der Waals surface area contributed by atoms with Crippen molar-refractivity contribution in [1.29, 1.82) is 0 Å². The van der Waals surface area contributed by atoms with Gasteiger partial charge in [0.25, 0.3) is 0 Å². The molecule has 2 amide bonds. The quantitative estimate of drug-likeness (QED) is 0.475. The van der Waals surface area contributed by atoms with E-state index in [2.05, 4.69) is 22.0 Å². The van der Waals surface area contributed by atoms with Crippen molar-refractivity contribution in [2.45, 2.75) is 31.8 Å². The zero-order valence-electron chi connectivity index (χ0n) is 18.8. The Morgan fingerprint density at radius 3 is 2.79 bits per heavy atom. The van der Waals surface area contributed by atoms with Gasteiger partial charge >= 0.3 is 6.03 Å². The van der Waals surface area contributed by atoms with Crippen molar-refractivity contribution in [3.8, 4) is 5.75 Å². The summed E-state index contributed by atoms with van der Waals surface area (Å²) >= 11 is 12.9. The van der Waals surface area contributed by atoms with E-state index < -0.39 is 0 Å². The molecule has 180 valence electrons. The van der Waals surface area contributed by atoms with Crippen molar-refractivity contribution in [2.24, 2.45) is 16.5 Å². The summed E-state index contributed by atoms with van der Waals surface area (Å²) in [7, 11) is 0. The zero-order valence-corrected chi connectivity index (χ0v) is 20.3. The summed E-state index contributed by atoms with van der Waals surface area (Å²) in [4.78, 5) is 18.7. The van der Waals surface area contributed by atoms with E-state index in [1.807, 2.05) is 19.2 Å². The van der Waals surface area contributed by atoms with Crippen molar-refractivity contribution < 1.29 is 9.53 Å². The minimum atomic E-state index is -0.168. The first-order valence-electron chi connectivity index (χ1n) is 10.9. The molecule has 0 radical (unpaired) electrons. The van der Waals surface area contributed by atoms with Crippen molar-refractivity contribution in [1.82, 2.24) is 20.0 Å². The molecular weight excluding hydrogens is 477 g/mol. The summed E-state index contributed by atoms with van der Waals surface area (Å²) in [5, 5.41) is 7.95. The summed E-state index contributed by atoms with van der Waals surface area (Å²) in [5.41, 5.74) is 14.2. The SMILES string of the molecule is C=C(N)/N=C(\C1=C(N)CN(C(=O)NC2CC2)C1)c1c(Cl)cc(Cl)cc1OCC(C)n1cccn1. The number of carbonyl (C=O) groups excluding carboxylic acids is 1. The molecule has 11 heteroatoms. The van der Waals surface area contributed by atoms with Gasteiger partial charge in [-0.1, -0.05) is 29.8 Å². The second-order valence-electron chi connectivity index (χ2n) is 8.44. The molecular formula is C23H27Cl2N7O2. The lowest BCUT2D eigenvalue weighted by Gasteiger charge is -2.20. The zero-order chi connectivity index (χ0) is 24.4. The largest absolute Gasteiger partial charge is 0.491 e. The van der Waals surface area contributed by atoms with Gasteiger partial charge in [-0.3, -0.25) is 4.68 Å². The number of urea groups is 1. The molecule has 0 spiro atoms. The second-order valence-corrected chi connectivity index (χ2v) is 9.29. The van der Waals surface area contributed by atoms with Crippen LogP contribution in [0.5, 0.6) is 5.75 Å². The van der Waals surface area contributed by atoms with Crippen LogP contribution in [0.15, 0.2) is 59.3 Å². The number of carbonyl (C=O) groups is 1. The van der Waals surface area contributed by atoms with Gasteiger partial charge in [0, 0.05) is 34.7 Å². The van der Waals surface area contributed by atoms with Crippen LogP contribution in [0.3, 0.4) is 0 Å². The molecule has 1 aliphatic heterocycles. The molecule has 2 aromatic rings. The minimum absolute atomic E-state index is 0.0529. The van der Waals surface area contributed by atoms with Gasteiger partial charge in [0.2, 0.25) is 0 Å². The average molecular weight is 504 g/mol. The number of halogens is 2. The molecule has 1 aromatic carbocycles. The van der Waals surface area contributed by atoms with Gasteiger partial charge in [-0.15, -0.1) is 0 Å². The fourth-order valence-corrected chi connectivity index (χ4v) is 4.22. The lowest BCUT2D eigenvalue weighted by atomic mass is 10.0. The molecule has 4 rings (SSSR count). The van der Waals surface area contributed by atoms with Crippen LogP contribution in [0.25, 0.3) is 0 Å². The maximum Gasteiger partial charge on any atom is 0.318 e. The fraction of sp³-hybridized carbons (Fsp3) is 0.348. The highest BCUT2D eigenvalue weighted by atomic mass is 35.5. The molecule has 5 N–H and O–H groups in total. The Hall–Kier alpha value is -3.17. The molecule has 1 saturated carbocycles. The van der Waals surface area contributed by atoms with Gasteiger partial charge in [-0.05, 0) is 38.0 Å². The van der Waals surface area contributed by atoms with E-state index in [1.165, 1.54) is 0 Å². The Kier molecular flexibility index (Phi) is 7.04. The standard InChI is InChI=1S/C23H27Cl2N7O2/c1-13(32-7-3-6-28-32)12-34-20-9-15(24)8-18(25)21(20)22(29-14(2)26)17-10-31(11-19(17)27)23(33)30-16-4-5-16/h3,6-9,13,16H,2,4-5,10-12,26-27H2,1H3,(H,30,33)/b29-22+. The van der Waals surface area contributed by atoms with E-state index in [0.717, 1.165) is 12.8 Å². The van der Waals surface area contributed by atoms with E-state index in [1.54, 1.807) is 27.9 Å². The van der Waals surface area contributed by atoms with Crippen molar-refractivity contribution >= 4 is 34.9 Å². The molecule has 1 atom stereocenters. The maximum absolute atomic E-state index is 12.6. The first-order chi connectivity index (χ1) is 16.2. The smallest absolute Gasteiger partial charge is 0.318 e. The minimum Gasteiger partial charge on any atom is -0.491 e. The molecule has 1 aromatic heterocycles. The van der Waals surface area contributed by atoms with Crippen LogP contribution in [0.1, 0.15) is 31.4 Å². The number of ether oxygens (including phenoxy) is 1. The summed E-state index contributed by atoms with van der Waals surface area (Å²) in [6.07, 6.45) is 5.55. The maximum atomic E-state index is 12.6. The molecule has 2 heterocycles. The first-order valence-corrected chi connectivity index (χ1v) is 11.7. The van der Waals surface area contributed by atoms with Crippen LogP contribution >= 0.6 is 23.2 Å². The van der Waals surface area contributed by atoms with Crippen LogP contribution in [0.2, 0.25) is 10.0 Å². The van der Waals surface area contributed by atoms with Gasteiger partial charge in [0.15, 0.2) is 0 Å². The third-order valence-corrected chi connectivity index (χ3v) is 6.06. The monoisotopic (exact) mass is 503 g/mol. The van der Waals surface area contributed by atoms with Crippen LogP contribution in [-0.2, 0) is 0 Å². The second kappa shape index (κ2) is 9.99. The number of nitrogens with one attached hydrogen (secondary N) is 1. The number of aromatic nitrogens is 2. The fourth-order valence-electron chi connectivity index (χ4n) is 3.65. The van der Waals surface area contributed by atoms with E-state index in [0.29, 0.717) is 44.9 Å². The van der Waals surface area contributed by atoms with Gasteiger partial charge in [0.1, 0.15) is 18.2 Å². The van der Waals surface area contributed by atoms with Crippen LogP contribution in [0, 0.1) is 0 Å². The highest BCUT2D eigenvalue weighted by molar-refractivity contribution is 6.38. The first kappa shape index (κ1) is 24.0. The Morgan fingerprint density at radius 2 is 2.15 bits per heavy atom. The van der Waals surface area contributed by atoms with Crippen LogP contribution in [-0.4, -0.2) is 52.2 Å². The van der Waals surface area contributed by atoms with Crippen LogP contribution < -0.4 is 21.5 Å². The summed E-state index contributed by atoms with van der Waals surface area (Å²) < 4.78 is 7.93. The molecule has 0 saturated heterocycles. The number of amides is 2. The lowest BCUT2D eigenvalue weighted by Crippen LogP contribution is -2.40. The summed E-state index contributed by atoms with van der Waals surface area (Å²) in [5.74, 6) is 0.482. The Bertz CT molecular complexity index is 1160. The predicted octanol–water partition coefficient (Wildman–Crippen LogP) is 3.45. The van der Waals surface area contributed by atoms with E-state index in [4.69, 9.17) is 39.4 Å². The van der Waals surface area contributed by atoms with Gasteiger partial charge in [-0.2, -0.15) is 5.10 Å². The molecule has 1 fully saturated rings. The number of hydrogen-bond acceptors (Lipinski definition) is 6. The van der Waals surface area contributed by atoms with Gasteiger partial charge < -0.3 is 26.4 Å². The summed E-state index contributed by atoms with van der Waals surface area (Å²) in [6.45, 7) is 6.50. The molecule has 0 bridgehead atoms. The molecule has 1 aliphatic carbocycles. The van der Waals surface area contributed by atoms with Crippen molar-refractivity contribution in [2.75, 3.05) is 19.7 Å². The van der Waals surface area contributed by atoms with Crippen molar-refractivity contribution in [3.05, 3.63) is 69.9 Å². The molecule has 2 aliphatic rings. The number of nitrogens with zero attached hydrogens (tertiary/aromatic N) is 4. The third kappa shape index (κ3) is 5.48. The molecule has 1 unspecified atom stereocenters. The summed E-state index contributed by atoms with van der Waals surface area (Å²) in [6, 6.07) is 5.12. The van der Waals surface area contributed by atoms with Gasteiger partial charge in [-0.25, -0.2) is 9.79 Å². The van der Waals surface area contributed by atoms with Crippen LogP contribution in [0.4, 0.5) is 4.79 Å². The topological polar surface area (TPSA) is 124 Å². The average Bonchev–Trinajstić information content (AvgIpc) is 3.25. The van der Waals surface area contributed by atoms with E-state index in [9.17, 15) is 4.79 Å². The Labute approximate surface area is 208 Å². The predicted molar refractivity (Wildman–Crippen MR) is 133 cm³/mol. The highest BCUT2D eigenvalue weighted by Crippen LogP contribution is 2.35. The van der Waals surface area contributed by atoms with E-state index >= 15 is 0 Å². The number of hydrogen-bond donors (Lipinski definition) is 3. The Morgan fingerprint density at radius 1 is 1.38 bits per heavy atom. The molecule has 34 heavy (non-hydrogen) atoms. The number of nitrogens with two attached hydrogens (primary N) is 2.